The Morgan fingerprint density at radius 3 is 2.86 bits per heavy atom. The predicted molar refractivity (Wildman–Crippen MR) is 102 cm³/mol. The van der Waals surface area contributed by atoms with Crippen LogP contribution in [0.15, 0.2) is 24.3 Å². The molecule has 3 aromatic rings. The van der Waals surface area contributed by atoms with Crippen LogP contribution in [0.5, 0.6) is 0 Å². The molecule has 4 rings (SSSR count). The molecule has 29 heavy (non-hydrogen) atoms. The van der Waals surface area contributed by atoms with Gasteiger partial charge in [-0.25, -0.2) is 9.50 Å². The first-order valence-electron chi connectivity index (χ1n) is 9.32. The molecule has 1 N–H and O–H groups in total. The predicted octanol–water partition coefficient (Wildman–Crippen LogP) is 3.95. The number of halogens is 3. The maximum atomic E-state index is 13.6. The summed E-state index contributed by atoms with van der Waals surface area (Å²) < 4.78 is 47.1. The molecule has 10 heteroatoms. The van der Waals surface area contributed by atoms with Crippen LogP contribution in [0.2, 0.25) is 0 Å². The Hall–Kier alpha value is -2.46. The van der Waals surface area contributed by atoms with E-state index in [0.717, 1.165) is 30.2 Å². The molecule has 6 nitrogen and oxygen atoms in total. The molecule has 154 valence electrons. The molecule has 3 aromatic heterocycles. The molecule has 0 aromatic carbocycles. The lowest BCUT2D eigenvalue weighted by molar-refractivity contribution is -0.142. The molecule has 1 saturated heterocycles. The van der Waals surface area contributed by atoms with Crippen molar-refractivity contribution in [3.63, 3.8) is 0 Å². The van der Waals surface area contributed by atoms with Crippen molar-refractivity contribution in [3.05, 3.63) is 40.5 Å². The summed E-state index contributed by atoms with van der Waals surface area (Å²) in [5.41, 5.74) is -0.898. The van der Waals surface area contributed by atoms with E-state index >= 15 is 0 Å². The summed E-state index contributed by atoms with van der Waals surface area (Å²) in [4.78, 5) is 18.4. The summed E-state index contributed by atoms with van der Waals surface area (Å²) in [6.45, 7) is 2.93. The number of alkyl halides is 3. The van der Waals surface area contributed by atoms with Gasteiger partial charge in [0.1, 0.15) is 0 Å². The average molecular weight is 424 g/mol. The van der Waals surface area contributed by atoms with Crippen LogP contribution >= 0.6 is 11.3 Å². The van der Waals surface area contributed by atoms with Crippen molar-refractivity contribution >= 4 is 22.9 Å². The highest BCUT2D eigenvalue weighted by molar-refractivity contribution is 7.15. The summed E-state index contributed by atoms with van der Waals surface area (Å²) in [6, 6.07) is 5.88. The monoisotopic (exact) mass is 424 g/mol. The van der Waals surface area contributed by atoms with Crippen LogP contribution in [0.3, 0.4) is 0 Å². The van der Waals surface area contributed by atoms with Crippen molar-refractivity contribution in [2.24, 2.45) is 0 Å². The van der Waals surface area contributed by atoms with E-state index in [1.807, 2.05) is 13.0 Å². The van der Waals surface area contributed by atoms with Gasteiger partial charge in [0, 0.05) is 24.1 Å². The molecule has 1 amide bonds. The quantitative estimate of drug-likeness (QED) is 0.674. The molecule has 0 spiro atoms. The normalized spacial score (nSPS) is 17.2. The topological polar surface area (TPSA) is 68.5 Å². The number of fused-ring (bicyclic) bond motifs is 1. The molecule has 1 aliphatic rings. The number of rotatable bonds is 5. The van der Waals surface area contributed by atoms with Gasteiger partial charge in [-0.1, -0.05) is 6.92 Å². The second-order valence-corrected chi connectivity index (χ2v) is 7.96. The third kappa shape index (κ3) is 4.13. The van der Waals surface area contributed by atoms with Gasteiger partial charge >= 0.3 is 6.18 Å². The summed E-state index contributed by atoms with van der Waals surface area (Å²) in [6.07, 6.45) is -2.15. The standard InChI is InChI=1S/C19H19F3N4O2S/c1-2-12-5-6-15(29-12)13-8-16(19(20,21)22)26-17(24-13)9-14(25-26)18(27)23-10-11-4-3-7-28-11/h5-6,8-9,11H,2-4,7,10H2,1H3,(H,23,27)/t11-/m0/s1. The maximum absolute atomic E-state index is 13.6. The smallest absolute Gasteiger partial charge is 0.376 e. The Balaban J connectivity index is 1.69. The first kappa shape index (κ1) is 19.8. The molecule has 0 aliphatic carbocycles. The van der Waals surface area contributed by atoms with Crippen molar-refractivity contribution < 1.29 is 22.7 Å². The van der Waals surface area contributed by atoms with Crippen molar-refractivity contribution in [1.29, 1.82) is 0 Å². The summed E-state index contributed by atoms with van der Waals surface area (Å²) >= 11 is 1.40. The lowest BCUT2D eigenvalue weighted by atomic mass is 10.2. The first-order valence-corrected chi connectivity index (χ1v) is 10.1. The Bertz CT molecular complexity index is 1040. The van der Waals surface area contributed by atoms with Crippen LogP contribution < -0.4 is 5.32 Å². The van der Waals surface area contributed by atoms with Gasteiger partial charge < -0.3 is 10.1 Å². The maximum Gasteiger partial charge on any atom is 0.433 e. The zero-order valence-electron chi connectivity index (χ0n) is 15.6. The minimum Gasteiger partial charge on any atom is -0.376 e. The van der Waals surface area contributed by atoms with Gasteiger partial charge in [-0.3, -0.25) is 4.79 Å². The van der Waals surface area contributed by atoms with E-state index in [-0.39, 0.29) is 23.1 Å². The molecule has 1 fully saturated rings. The third-order valence-electron chi connectivity index (χ3n) is 4.73. The Labute approximate surface area is 168 Å². The number of aromatic nitrogens is 3. The van der Waals surface area contributed by atoms with Crippen LogP contribution in [-0.2, 0) is 17.3 Å². The molecule has 0 unspecified atom stereocenters. The van der Waals surface area contributed by atoms with Gasteiger partial charge in [0.05, 0.1) is 16.7 Å². The molecular formula is C19H19F3N4O2S. The second kappa shape index (κ2) is 7.75. The summed E-state index contributed by atoms with van der Waals surface area (Å²) in [7, 11) is 0. The van der Waals surface area contributed by atoms with E-state index in [1.165, 1.54) is 17.4 Å². The SMILES string of the molecule is CCc1ccc(-c2cc(C(F)(F)F)n3nc(C(=O)NC[C@@H]4CCCO4)cc3n2)s1. The van der Waals surface area contributed by atoms with E-state index in [1.54, 1.807) is 6.07 Å². The largest absolute Gasteiger partial charge is 0.433 e. The van der Waals surface area contributed by atoms with Gasteiger partial charge in [0.25, 0.3) is 5.91 Å². The fraction of sp³-hybridized carbons (Fsp3) is 0.421. The number of thiophene rings is 1. The minimum atomic E-state index is -4.64. The fourth-order valence-corrected chi connectivity index (χ4v) is 4.13. The highest BCUT2D eigenvalue weighted by Crippen LogP contribution is 2.34. The van der Waals surface area contributed by atoms with E-state index in [9.17, 15) is 18.0 Å². The molecule has 1 atom stereocenters. The van der Waals surface area contributed by atoms with Crippen molar-refractivity contribution in [2.75, 3.05) is 13.2 Å². The summed E-state index contributed by atoms with van der Waals surface area (Å²) in [5.74, 6) is -0.551. The van der Waals surface area contributed by atoms with Crippen LogP contribution in [-0.4, -0.2) is 39.8 Å². The Morgan fingerprint density at radius 2 is 2.21 bits per heavy atom. The van der Waals surface area contributed by atoms with E-state index in [2.05, 4.69) is 15.4 Å². The Kier molecular flexibility index (Phi) is 5.30. The van der Waals surface area contributed by atoms with Crippen LogP contribution in [0, 0.1) is 0 Å². The number of nitrogens with zero attached hydrogens (tertiary/aromatic N) is 3. The molecule has 4 heterocycles. The highest BCUT2D eigenvalue weighted by atomic mass is 32.1. The van der Waals surface area contributed by atoms with Crippen LogP contribution in [0.25, 0.3) is 16.2 Å². The number of ether oxygens (including phenoxy) is 1. The van der Waals surface area contributed by atoms with Gasteiger partial charge in [0.15, 0.2) is 17.0 Å². The van der Waals surface area contributed by atoms with E-state index in [0.29, 0.717) is 22.5 Å². The molecule has 0 saturated carbocycles. The first-order chi connectivity index (χ1) is 13.8. The number of hydrogen-bond acceptors (Lipinski definition) is 5. The van der Waals surface area contributed by atoms with Crippen molar-refractivity contribution in [1.82, 2.24) is 19.9 Å². The molecule has 1 aliphatic heterocycles. The zero-order valence-corrected chi connectivity index (χ0v) is 16.4. The van der Waals surface area contributed by atoms with Gasteiger partial charge in [-0.05, 0) is 37.5 Å². The number of carbonyl (C=O) groups is 1. The zero-order chi connectivity index (χ0) is 20.6. The van der Waals surface area contributed by atoms with Crippen LogP contribution in [0.4, 0.5) is 13.2 Å². The van der Waals surface area contributed by atoms with Gasteiger partial charge in [-0.2, -0.15) is 18.3 Å². The number of amides is 1. The molecule has 0 bridgehead atoms. The number of aryl methyl sites for hydroxylation is 1. The van der Waals surface area contributed by atoms with Crippen LogP contribution in [0.1, 0.15) is 40.8 Å². The lowest BCUT2D eigenvalue weighted by Crippen LogP contribution is -2.32. The van der Waals surface area contributed by atoms with Crippen molar-refractivity contribution in [2.45, 2.75) is 38.5 Å². The Morgan fingerprint density at radius 1 is 1.38 bits per heavy atom. The molecular weight excluding hydrogens is 405 g/mol. The lowest BCUT2D eigenvalue weighted by Gasteiger charge is -2.10. The fourth-order valence-electron chi connectivity index (χ4n) is 3.22. The number of hydrogen-bond donors (Lipinski definition) is 1. The third-order valence-corrected chi connectivity index (χ3v) is 5.98. The average Bonchev–Trinajstić information content (AvgIpc) is 3.44. The highest BCUT2D eigenvalue weighted by Gasteiger charge is 2.36. The summed E-state index contributed by atoms with van der Waals surface area (Å²) in [5, 5.41) is 6.54. The minimum absolute atomic E-state index is 0.0245. The van der Waals surface area contributed by atoms with E-state index in [4.69, 9.17) is 4.74 Å². The van der Waals surface area contributed by atoms with E-state index < -0.39 is 17.8 Å². The number of carbonyl (C=O) groups excluding carboxylic acids is 1. The van der Waals surface area contributed by atoms with Gasteiger partial charge in [0.2, 0.25) is 0 Å². The van der Waals surface area contributed by atoms with Crippen molar-refractivity contribution in [3.8, 4) is 10.6 Å². The van der Waals surface area contributed by atoms with Gasteiger partial charge in [-0.15, -0.1) is 11.3 Å². The second-order valence-electron chi connectivity index (χ2n) is 6.79. The number of nitrogens with one attached hydrogen (secondary N) is 1. The molecule has 0 radical (unpaired) electrons.